The van der Waals surface area contributed by atoms with Crippen LogP contribution in [0.1, 0.15) is 251 Å². The molecule has 1 aromatic rings. The highest BCUT2D eigenvalue weighted by Gasteiger charge is 2.20. The lowest BCUT2D eigenvalue weighted by molar-refractivity contribution is -0.149. The lowest BCUT2D eigenvalue weighted by Gasteiger charge is -2.25. The van der Waals surface area contributed by atoms with Gasteiger partial charge in [-0.25, -0.2) is 0 Å². The maximum Gasteiger partial charge on any atom is 0.308 e. The topological polar surface area (TPSA) is 79.7 Å². The molecular weight excluding hydrogens is 681 g/mol. The van der Waals surface area contributed by atoms with Crippen molar-refractivity contribution < 1.29 is 19.4 Å². The number of hydrogen-bond donors (Lipinski definition) is 1. The van der Waals surface area contributed by atoms with E-state index in [0.29, 0.717) is 25.3 Å². The molecule has 0 aliphatic heterocycles. The van der Waals surface area contributed by atoms with Gasteiger partial charge in [0.2, 0.25) is 5.91 Å². The van der Waals surface area contributed by atoms with E-state index in [1.807, 2.05) is 23.1 Å². The van der Waals surface area contributed by atoms with Crippen molar-refractivity contribution >= 4 is 11.9 Å². The summed E-state index contributed by atoms with van der Waals surface area (Å²) in [5.74, 6) is 0.202. The molecule has 0 spiro atoms. The molecule has 0 bridgehead atoms. The number of aliphatic hydroxyl groups excluding tert-OH is 1. The Morgan fingerprint density at radius 2 is 1.02 bits per heavy atom. The molecule has 0 radical (unpaired) electrons. The minimum atomic E-state index is -0.786. The fraction of sp³-hybridized carbons (Fsp3) is 0.857. The van der Waals surface area contributed by atoms with Crippen LogP contribution in [0, 0.1) is 5.92 Å². The van der Waals surface area contributed by atoms with Crippen LogP contribution in [0.4, 0.5) is 0 Å². The molecule has 1 N–H and O–H groups in total. The third-order valence-corrected chi connectivity index (χ3v) is 11.5. The van der Waals surface area contributed by atoms with Crippen molar-refractivity contribution in [1.29, 1.82) is 0 Å². The fourth-order valence-electron chi connectivity index (χ4n) is 7.77. The minimum Gasteiger partial charge on any atom is -0.465 e. The Kier molecular flexibility index (Phi) is 36.1. The van der Waals surface area contributed by atoms with Crippen LogP contribution < -0.4 is 0 Å². The van der Waals surface area contributed by atoms with Crippen LogP contribution >= 0.6 is 0 Å². The van der Waals surface area contributed by atoms with Gasteiger partial charge in [-0.2, -0.15) is 0 Å². The number of ether oxygens (including phenoxy) is 1. The molecule has 2 atom stereocenters. The van der Waals surface area contributed by atoms with Gasteiger partial charge < -0.3 is 14.7 Å². The first-order valence-electron chi connectivity index (χ1n) is 24.1. The van der Waals surface area contributed by atoms with Gasteiger partial charge in [-0.05, 0) is 50.7 Å². The van der Waals surface area contributed by atoms with E-state index in [4.69, 9.17) is 4.74 Å². The van der Waals surface area contributed by atoms with Crippen LogP contribution in [0.3, 0.4) is 0 Å². The van der Waals surface area contributed by atoms with Crippen molar-refractivity contribution in [2.75, 3.05) is 19.7 Å². The zero-order valence-corrected chi connectivity index (χ0v) is 36.7. The maximum atomic E-state index is 13.4. The molecule has 1 heterocycles. The highest BCUT2D eigenvalue weighted by molar-refractivity contribution is 5.76. The maximum absolute atomic E-state index is 13.4. The Hall–Kier alpha value is -1.95. The van der Waals surface area contributed by atoms with Crippen molar-refractivity contribution in [3.63, 3.8) is 0 Å². The Bertz CT molecular complexity index is 973. The highest BCUT2D eigenvalue weighted by atomic mass is 16.5. The zero-order chi connectivity index (χ0) is 39.9. The highest BCUT2D eigenvalue weighted by Crippen LogP contribution is 2.22. The van der Waals surface area contributed by atoms with Crippen LogP contribution in [-0.4, -0.2) is 46.6 Å². The van der Waals surface area contributed by atoms with E-state index in [1.165, 1.54) is 148 Å². The predicted octanol–water partition coefficient (Wildman–Crippen LogP) is 14.4. The Balaban J connectivity index is 2.37. The molecule has 0 saturated carbocycles. The molecule has 0 aromatic carbocycles. The van der Waals surface area contributed by atoms with Gasteiger partial charge in [0, 0.05) is 19.2 Å². The lowest BCUT2D eigenvalue weighted by Crippen LogP contribution is -2.35. The van der Waals surface area contributed by atoms with Gasteiger partial charge in [0.1, 0.15) is 6.10 Å². The standard InChI is InChI=1S/C49H90N2O4/c1-4-7-10-13-15-16-17-18-19-20-21-22-24-27-32-40-48(53)51(44-47(52)46-39-33-34-41-50-46)42-35-28-29-36-43-55-49(54)45(37-30-25-12-9-6-3)38-31-26-23-14-11-8-5-2/h33-34,39,41,45,47,52H,4-32,35-38,40,42-44H2,1-3H3. The molecule has 0 aliphatic rings. The third-order valence-electron chi connectivity index (χ3n) is 11.5. The molecule has 6 nitrogen and oxygen atoms in total. The summed E-state index contributed by atoms with van der Waals surface area (Å²) in [6.45, 7) is 8.19. The summed E-state index contributed by atoms with van der Waals surface area (Å²) in [6.07, 6.45) is 41.7. The number of pyridine rings is 1. The predicted molar refractivity (Wildman–Crippen MR) is 234 cm³/mol. The molecule has 2 unspecified atom stereocenters. The van der Waals surface area contributed by atoms with E-state index in [-0.39, 0.29) is 24.3 Å². The molecular formula is C49H90N2O4. The first kappa shape index (κ1) is 51.1. The van der Waals surface area contributed by atoms with Crippen molar-refractivity contribution in [1.82, 2.24) is 9.88 Å². The van der Waals surface area contributed by atoms with E-state index < -0.39 is 6.10 Å². The molecule has 0 fully saturated rings. The minimum absolute atomic E-state index is 0.0144. The van der Waals surface area contributed by atoms with Crippen molar-refractivity contribution in [2.45, 2.75) is 245 Å². The van der Waals surface area contributed by atoms with Gasteiger partial charge in [0.05, 0.1) is 24.8 Å². The van der Waals surface area contributed by atoms with E-state index in [9.17, 15) is 14.7 Å². The number of aromatic nitrogens is 1. The molecule has 1 amide bonds. The van der Waals surface area contributed by atoms with E-state index >= 15 is 0 Å². The first-order chi connectivity index (χ1) is 27.0. The number of amides is 1. The van der Waals surface area contributed by atoms with Gasteiger partial charge in [-0.3, -0.25) is 14.6 Å². The number of unbranched alkanes of at least 4 members (excludes halogenated alkanes) is 27. The average Bonchev–Trinajstić information content (AvgIpc) is 3.20. The SMILES string of the molecule is CCCCCCCCCCCCCCCCCC(=O)N(CCCCCCOC(=O)C(CCCCCCC)CCCCCCCCC)CC(O)c1ccccn1. The van der Waals surface area contributed by atoms with Gasteiger partial charge in [-0.15, -0.1) is 0 Å². The lowest BCUT2D eigenvalue weighted by atomic mass is 9.94. The number of aliphatic hydroxyl groups is 1. The van der Waals surface area contributed by atoms with Crippen LogP contribution in [0.2, 0.25) is 0 Å². The van der Waals surface area contributed by atoms with Gasteiger partial charge in [0.15, 0.2) is 0 Å². The molecule has 0 aliphatic carbocycles. The normalized spacial score (nSPS) is 12.5. The van der Waals surface area contributed by atoms with Crippen molar-refractivity contribution in [2.24, 2.45) is 5.92 Å². The van der Waals surface area contributed by atoms with Crippen LogP contribution in [0.25, 0.3) is 0 Å². The summed E-state index contributed by atoms with van der Waals surface area (Å²) >= 11 is 0. The van der Waals surface area contributed by atoms with Gasteiger partial charge >= 0.3 is 5.97 Å². The van der Waals surface area contributed by atoms with E-state index in [1.54, 1.807) is 6.20 Å². The Morgan fingerprint density at radius 1 is 0.582 bits per heavy atom. The molecule has 6 heteroatoms. The largest absolute Gasteiger partial charge is 0.465 e. The number of nitrogens with zero attached hydrogens (tertiary/aromatic N) is 2. The zero-order valence-electron chi connectivity index (χ0n) is 36.7. The van der Waals surface area contributed by atoms with Crippen LogP contribution in [0.15, 0.2) is 24.4 Å². The summed E-state index contributed by atoms with van der Waals surface area (Å²) in [5, 5.41) is 10.9. The number of hydrogen-bond acceptors (Lipinski definition) is 5. The van der Waals surface area contributed by atoms with Crippen molar-refractivity contribution in [3.05, 3.63) is 30.1 Å². The smallest absolute Gasteiger partial charge is 0.308 e. The Morgan fingerprint density at radius 3 is 1.49 bits per heavy atom. The number of carbonyl (C=O) groups excluding carboxylic acids is 2. The van der Waals surface area contributed by atoms with Crippen molar-refractivity contribution in [3.8, 4) is 0 Å². The number of rotatable bonds is 41. The second-order valence-corrected chi connectivity index (χ2v) is 16.7. The first-order valence-corrected chi connectivity index (χ1v) is 24.1. The van der Waals surface area contributed by atoms with Crippen LogP contribution in [-0.2, 0) is 14.3 Å². The molecule has 1 rings (SSSR count). The average molecular weight is 771 g/mol. The number of esters is 1. The summed E-state index contributed by atoms with van der Waals surface area (Å²) in [4.78, 5) is 32.6. The molecule has 1 aromatic heterocycles. The summed E-state index contributed by atoms with van der Waals surface area (Å²) in [7, 11) is 0. The van der Waals surface area contributed by atoms with E-state index in [0.717, 1.165) is 64.2 Å². The fourth-order valence-corrected chi connectivity index (χ4v) is 7.77. The Labute approximate surface area is 341 Å². The molecule has 320 valence electrons. The summed E-state index contributed by atoms with van der Waals surface area (Å²) in [5.41, 5.74) is 0.611. The van der Waals surface area contributed by atoms with Crippen LogP contribution in [0.5, 0.6) is 0 Å². The van der Waals surface area contributed by atoms with Gasteiger partial charge in [0.25, 0.3) is 0 Å². The summed E-state index contributed by atoms with van der Waals surface area (Å²) in [6, 6.07) is 5.55. The molecule has 55 heavy (non-hydrogen) atoms. The summed E-state index contributed by atoms with van der Waals surface area (Å²) < 4.78 is 5.84. The van der Waals surface area contributed by atoms with Gasteiger partial charge in [-0.1, -0.05) is 200 Å². The third kappa shape index (κ3) is 30.8. The monoisotopic (exact) mass is 771 g/mol. The quantitative estimate of drug-likeness (QED) is 0.0530. The molecule has 0 saturated heterocycles. The number of carbonyl (C=O) groups is 2. The second kappa shape index (κ2) is 38.9. The van der Waals surface area contributed by atoms with E-state index in [2.05, 4.69) is 25.8 Å². The second-order valence-electron chi connectivity index (χ2n) is 16.7.